The van der Waals surface area contributed by atoms with Crippen LogP contribution in [0.4, 0.5) is 14.9 Å². The molecule has 0 unspecified atom stereocenters. The van der Waals surface area contributed by atoms with Crippen molar-refractivity contribution in [2.45, 2.75) is 6.54 Å². The normalized spacial score (nSPS) is 10.0. The van der Waals surface area contributed by atoms with Crippen molar-refractivity contribution < 1.29 is 9.18 Å². The molecule has 3 nitrogen and oxygen atoms in total. The van der Waals surface area contributed by atoms with E-state index in [0.29, 0.717) is 16.3 Å². The molecule has 0 heterocycles. The Bertz CT molecular complexity index is 572. The molecule has 98 valence electrons. The minimum absolute atomic E-state index is 0.131. The predicted molar refractivity (Wildman–Crippen MR) is 73.7 cm³/mol. The Labute approximate surface area is 115 Å². The number of hydrogen-bond acceptors (Lipinski definition) is 1. The fourth-order valence-corrected chi connectivity index (χ4v) is 1.65. The average molecular weight is 279 g/mol. The van der Waals surface area contributed by atoms with Gasteiger partial charge in [0.1, 0.15) is 5.82 Å². The van der Waals surface area contributed by atoms with Crippen molar-refractivity contribution in [1.82, 2.24) is 5.32 Å². The van der Waals surface area contributed by atoms with Gasteiger partial charge in [-0.15, -0.1) is 0 Å². The minimum atomic E-state index is -0.398. The lowest BCUT2D eigenvalue weighted by Crippen LogP contribution is -2.28. The summed E-state index contributed by atoms with van der Waals surface area (Å²) in [7, 11) is 0. The summed E-state index contributed by atoms with van der Waals surface area (Å²) in [4.78, 5) is 11.6. The molecule has 0 saturated heterocycles. The summed E-state index contributed by atoms with van der Waals surface area (Å²) in [6.45, 7) is 0.131. The van der Waals surface area contributed by atoms with Gasteiger partial charge < -0.3 is 10.6 Å². The van der Waals surface area contributed by atoms with Gasteiger partial charge in [-0.25, -0.2) is 9.18 Å². The molecule has 2 aromatic carbocycles. The Hall–Kier alpha value is -2.07. The summed E-state index contributed by atoms with van der Waals surface area (Å²) in [6, 6.07) is 12.6. The lowest BCUT2D eigenvalue weighted by atomic mass is 10.2. The maximum Gasteiger partial charge on any atom is 0.319 e. The van der Waals surface area contributed by atoms with Crippen molar-refractivity contribution in [3.63, 3.8) is 0 Å². The number of benzene rings is 2. The molecule has 0 bridgehead atoms. The van der Waals surface area contributed by atoms with Gasteiger partial charge in [0, 0.05) is 22.8 Å². The Morgan fingerprint density at radius 2 is 1.79 bits per heavy atom. The van der Waals surface area contributed by atoms with E-state index in [1.807, 2.05) is 0 Å². The second kappa shape index (κ2) is 6.20. The van der Waals surface area contributed by atoms with Crippen LogP contribution in [-0.4, -0.2) is 6.03 Å². The van der Waals surface area contributed by atoms with E-state index in [-0.39, 0.29) is 12.4 Å². The summed E-state index contributed by atoms with van der Waals surface area (Å²) < 4.78 is 13.3. The van der Waals surface area contributed by atoms with Gasteiger partial charge in [-0.2, -0.15) is 0 Å². The van der Waals surface area contributed by atoms with Crippen LogP contribution in [0.2, 0.25) is 5.02 Å². The number of hydrogen-bond donors (Lipinski definition) is 2. The summed E-state index contributed by atoms with van der Waals surface area (Å²) in [5.74, 6) is -0.339. The number of carbonyl (C=O) groups is 1. The molecule has 5 heteroatoms. The maximum absolute atomic E-state index is 13.3. The molecule has 0 aliphatic carbocycles. The first-order valence-corrected chi connectivity index (χ1v) is 6.07. The minimum Gasteiger partial charge on any atom is -0.334 e. The summed E-state index contributed by atoms with van der Waals surface area (Å²) in [6.07, 6.45) is 0. The summed E-state index contributed by atoms with van der Waals surface area (Å²) >= 11 is 5.74. The van der Waals surface area contributed by atoms with Crippen molar-refractivity contribution in [3.05, 3.63) is 64.9 Å². The Kier molecular flexibility index (Phi) is 4.36. The zero-order chi connectivity index (χ0) is 13.7. The first kappa shape index (κ1) is 13.4. The van der Waals surface area contributed by atoms with Crippen molar-refractivity contribution in [2.75, 3.05) is 5.32 Å². The number of rotatable bonds is 3. The molecule has 0 aromatic heterocycles. The number of amides is 2. The third kappa shape index (κ3) is 3.96. The van der Waals surface area contributed by atoms with E-state index in [0.717, 1.165) is 0 Å². The smallest absolute Gasteiger partial charge is 0.319 e. The largest absolute Gasteiger partial charge is 0.334 e. The highest BCUT2D eigenvalue weighted by Gasteiger charge is 2.04. The third-order valence-electron chi connectivity index (χ3n) is 2.50. The van der Waals surface area contributed by atoms with Crippen LogP contribution in [0.3, 0.4) is 0 Å². The Balaban J connectivity index is 1.88. The number of carbonyl (C=O) groups excluding carboxylic acids is 1. The number of nitrogens with one attached hydrogen (secondary N) is 2. The fraction of sp³-hybridized carbons (Fsp3) is 0.0714. The van der Waals surface area contributed by atoms with Crippen molar-refractivity contribution in [3.8, 4) is 0 Å². The average Bonchev–Trinajstić information content (AvgIpc) is 2.40. The summed E-state index contributed by atoms with van der Waals surface area (Å²) in [5, 5.41) is 5.80. The van der Waals surface area contributed by atoms with Gasteiger partial charge in [0.15, 0.2) is 0 Å². The van der Waals surface area contributed by atoms with Crippen LogP contribution in [0.5, 0.6) is 0 Å². The topological polar surface area (TPSA) is 41.1 Å². The lowest BCUT2D eigenvalue weighted by molar-refractivity contribution is 0.251. The molecule has 2 rings (SSSR count). The molecule has 2 amide bonds. The first-order valence-electron chi connectivity index (χ1n) is 5.69. The maximum atomic E-state index is 13.3. The molecular formula is C14H12ClFN2O. The standard InChI is InChI=1S/C14H12ClFN2O/c15-11-5-7-12(8-6-11)18-14(19)17-9-10-3-1-2-4-13(10)16/h1-8H,9H2,(H2,17,18,19). The number of anilines is 1. The van der Waals surface area contributed by atoms with Gasteiger partial charge in [0.05, 0.1) is 0 Å². The van der Waals surface area contributed by atoms with Crippen LogP contribution < -0.4 is 10.6 Å². The second-order valence-corrected chi connectivity index (χ2v) is 4.34. The zero-order valence-electron chi connectivity index (χ0n) is 9.99. The zero-order valence-corrected chi connectivity index (χ0v) is 10.7. The van der Waals surface area contributed by atoms with Gasteiger partial charge in [0.25, 0.3) is 0 Å². The van der Waals surface area contributed by atoms with Gasteiger partial charge >= 0.3 is 6.03 Å². The molecule has 19 heavy (non-hydrogen) atoms. The number of urea groups is 1. The summed E-state index contributed by atoms with van der Waals surface area (Å²) in [5.41, 5.74) is 1.06. The molecule has 0 fully saturated rings. The monoisotopic (exact) mass is 278 g/mol. The van der Waals surface area contributed by atoms with E-state index in [4.69, 9.17) is 11.6 Å². The highest BCUT2D eigenvalue weighted by atomic mass is 35.5. The molecule has 0 aliphatic rings. The predicted octanol–water partition coefficient (Wildman–Crippen LogP) is 3.80. The van der Waals surface area contributed by atoms with E-state index in [9.17, 15) is 9.18 Å². The lowest BCUT2D eigenvalue weighted by Gasteiger charge is -2.08. The van der Waals surface area contributed by atoms with Crippen LogP contribution >= 0.6 is 11.6 Å². The molecule has 2 aromatic rings. The molecule has 0 saturated carbocycles. The van der Waals surface area contributed by atoms with Crippen molar-refractivity contribution in [2.24, 2.45) is 0 Å². The van der Waals surface area contributed by atoms with Crippen molar-refractivity contribution in [1.29, 1.82) is 0 Å². The first-order chi connectivity index (χ1) is 9.15. The number of halogens is 2. The second-order valence-electron chi connectivity index (χ2n) is 3.91. The molecule has 2 N–H and O–H groups in total. The van der Waals surface area contributed by atoms with E-state index >= 15 is 0 Å². The third-order valence-corrected chi connectivity index (χ3v) is 2.75. The fourth-order valence-electron chi connectivity index (χ4n) is 1.53. The van der Waals surface area contributed by atoms with E-state index in [1.54, 1.807) is 42.5 Å². The molecular weight excluding hydrogens is 267 g/mol. The van der Waals surface area contributed by atoms with Crippen LogP contribution in [0.1, 0.15) is 5.56 Å². The molecule has 0 aliphatic heterocycles. The molecule has 0 spiro atoms. The van der Waals surface area contributed by atoms with E-state index in [2.05, 4.69) is 10.6 Å². The van der Waals surface area contributed by atoms with Crippen LogP contribution in [0, 0.1) is 5.82 Å². The quantitative estimate of drug-likeness (QED) is 0.881. The highest BCUT2D eigenvalue weighted by Crippen LogP contribution is 2.13. The van der Waals surface area contributed by atoms with E-state index in [1.165, 1.54) is 6.07 Å². The van der Waals surface area contributed by atoms with Gasteiger partial charge in [-0.3, -0.25) is 0 Å². The van der Waals surface area contributed by atoms with Crippen molar-refractivity contribution >= 4 is 23.3 Å². The van der Waals surface area contributed by atoms with Gasteiger partial charge in [-0.1, -0.05) is 29.8 Å². The molecule has 0 atom stereocenters. The van der Waals surface area contributed by atoms with Crippen LogP contribution in [-0.2, 0) is 6.54 Å². The highest BCUT2D eigenvalue weighted by molar-refractivity contribution is 6.30. The van der Waals surface area contributed by atoms with Gasteiger partial charge in [-0.05, 0) is 30.3 Å². The van der Waals surface area contributed by atoms with Gasteiger partial charge in [0.2, 0.25) is 0 Å². The molecule has 0 radical (unpaired) electrons. The Morgan fingerprint density at radius 3 is 2.47 bits per heavy atom. The van der Waals surface area contributed by atoms with E-state index < -0.39 is 6.03 Å². The SMILES string of the molecule is O=C(NCc1ccccc1F)Nc1ccc(Cl)cc1. The van der Waals surface area contributed by atoms with Crippen LogP contribution in [0.25, 0.3) is 0 Å². The Morgan fingerprint density at radius 1 is 1.11 bits per heavy atom. The van der Waals surface area contributed by atoms with Crippen LogP contribution in [0.15, 0.2) is 48.5 Å².